The first-order valence-electron chi connectivity index (χ1n) is 10.3. The second kappa shape index (κ2) is 11.1. The molecule has 0 saturated heterocycles. The maximum Gasteiger partial charge on any atom is 0.338 e. The summed E-state index contributed by atoms with van der Waals surface area (Å²) >= 11 is 1.14. The van der Waals surface area contributed by atoms with Crippen molar-refractivity contribution in [3.05, 3.63) is 74.6 Å². The molecule has 11 heteroatoms. The molecule has 0 unspecified atom stereocenters. The molecule has 0 aliphatic rings. The van der Waals surface area contributed by atoms with Crippen molar-refractivity contribution in [2.45, 2.75) is 20.4 Å². The van der Waals surface area contributed by atoms with Crippen LogP contribution in [0.1, 0.15) is 29.8 Å². The van der Waals surface area contributed by atoms with Gasteiger partial charge in [0.15, 0.2) is 4.80 Å². The van der Waals surface area contributed by atoms with Crippen LogP contribution in [0.4, 0.5) is 5.69 Å². The largest absolute Gasteiger partial charge is 0.465 e. The molecule has 0 aliphatic carbocycles. The Morgan fingerprint density at radius 3 is 2.44 bits per heavy atom. The molecule has 2 aromatic carbocycles. The van der Waals surface area contributed by atoms with Crippen LogP contribution in [-0.4, -0.2) is 40.5 Å². The van der Waals surface area contributed by atoms with Gasteiger partial charge in [0.1, 0.15) is 6.54 Å². The molecule has 176 valence electrons. The number of nitro groups is 1. The van der Waals surface area contributed by atoms with E-state index in [1.165, 1.54) is 36.4 Å². The van der Waals surface area contributed by atoms with Crippen molar-refractivity contribution in [1.82, 2.24) is 4.57 Å². The maximum absolute atomic E-state index is 12.5. The topological polar surface area (TPSA) is 130 Å². The number of carbonyl (C=O) groups is 3. The average Bonchev–Trinajstić information content (AvgIpc) is 3.14. The van der Waals surface area contributed by atoms with Gasteiger partial charge in [0, 0.05) is 18.2 Å². The summed E-state index contributed by atoms with van der Waals surface area (Å²) in [4.78, 5) is 51.3. The third-order valence-electron chi connectivity index (χ3n) is 4.51. The molecule has 0 radical (unpaired) electrons. The monoisotopic (exact) mass is 483 g/mol. The Morgan fingerprint density at radius 1 is 1.09 bits per heavy atom. The molecule has 0 fully saturated rings. The average molecular weight is 484 g/mol. The minimum Gasteiger partial charge on any atom is -0.465 e. The van der Waals surface area contributed by atoms with E-state index in [1.807, 2.05) is 0 Å². The van der Waals surface area contributed by atoms with Crippen molar-refractivity contribution in [2.24, 2.45) is 4.99 Å². The molecule has 0 N–H and O–H groups in total. The molecule has 3 aromatic rings. The van der Waals surface area contributed by atoms with Crippen molar-refractivity contribution in [3.63, 3.8) is 0 Å². The van der Waals surface area contributed by atoms with Crippen molar-refractivity contribution in [1.29, 1.82) is 0 Å². The van der Waals surface area contributed by atoms with Gasteiger partial charge in [0.25, 0.3) is 11.6 Å². The van der Waals surface area contributed by atoms with E-state index in [0.717, 1.165) is 11.3 Å². The van der Waals surface area contributed by atoms with Crippen LogP contribution < -0.4 is 4.80 Å². The van der Waals surface area contributed by atoms with Crippen LogP contribution >= 0.6 is 11.3 Å². The van der Waals surface area contributed by atoms with Crippen LogP contribution in [0.25, 0.3) is 16.3 Å². The predicted octanol–water partition coefficient (Wildman–Crippen LogP) is 3.49. The molecule has 10 nitrogen and oxygen atoms in total. The lowest BCUT2D eigenvalue weighted by molar-refractivity contribution is -0.384. The van der Waals surface area contributed by atoms with Gasteiger partial charge in [0.05, 0.1) is 33.9 Å². The quantitative estimate of drug-likeness (QED) is 0.207. The van der Waals surface area contributed by atoms with Crippen LogP contribution in [0.3, 0.4) is 0 Å². The minimum absolute atomic E-state index is 0.0550. The number of nitrogens with zero attached hydrogens (tertiary/aromatic N) is 3. The van der Waals surface area contributed by atoms with Gasteiger partial charge in [-0.15, -0.1) is 0 Å². The highest BCUT2D eigenvalue weighted by atomic mass is 32.1. The molecule has 0 atom stereocenters. The van der Waals surface area contributed by atoms with E-state index in [0.29, 0.717) is 21.3 Å². The molecular formula is C23H21N3O7S. The van der Waals surface area contributed by atoms with Gasteiger partial charge in [0.2, 0.25) is 0 Å². The van der Waals surface area contributed by atoms with Gasteiger partial charge in [-0.2, -0.15) is 4.99 Å². The van der Waals surface area contributed by atoms with Gasteiger partial charge in [-0.25, -0.2) is 4.79 Å². The minimum atomic E-state index is -0.590. The van der Waals surface area contributed by atoms with E-state index in [1.54, 1.807) is 36.6 Å². The zero-order valence-electron chi connectivity index (χ0n) is 18.4. The molecule has 1 heterocycles. The first kappa shape index (κ1) is 24.5. The number of fused-ring (bicyclic) bond motifs is 1. The number of rotatable bonds is 8. The Bertz CT molecular complexity index is 1340. The van der Waals surface area contributed by atoms with Crippen LogP contribution in [0, 0.1) is 10.1 Å². The number of hydrogen-bond donors (Lipinski definition) is 0. The van der Waals surface area contributed by atoms with E-state index in [4.69, 9.17) is 9.47 Å². The lowest BCUT2D eigenvalue weighted by atomic mass is 10.2. The molecular weight excluding hydrogens is 462 g/mol. The fourth-order valence-corrected chi connectivity index (χ4v) is 4.07. The zero-order valence-corrected chi connectivity index (χ0v) is 19.2. The summed E-state index contributed by atoms with van der Waals surface area (Å²) < 4.78 is 12.2. The van der Waals surface area contributed by atoms with E-state index >= 15 is 0 Å². The first-order valence-corrected chi connectivity index (χ1v) is 11.1. The Hall–Kier alpha value is -4.12. The fourth-order valence-electron chi connectivity index (χ4n) is 2.99. The SMILES string of the molecule is CCOC(=O)Cn1c(=NC(=O)/C=C\c2ccc([N+](=O)[O-])cc2)sc2cc(C(=O)OCC)ccc21. The number of nitro benzene ring substituents is 1. The normalized spacial score (nSPS) is 11.6. The Kier molecular flexibility index (Phi) is 8.04. The molecule has 1 aromatic heterocycles. The van der Waals surface area contributed by atoms with Crippen LogP contribution in [0.15, 0.2) is 53.5 Å². The molecule has 0 aliphatic heterocycles. The first-order chi connectivity index (χ1) is 16.3. The van der Waals surface area contributed by atoms with Gasteiger partial charge in [-0.05, 0) is 55.8 Å². The number of ether oxygens (including phenoxy) is 2. The Morgan fingerprint density at radius 2 is 1.79 bits per heavy atom. The maximum atomic E-state index is 12.5. The highest BCUT2D eigenvalue weighted by Crippen LogP contribution is 2.20. The predicted molar refractivity (Wildman–Crippen MR) is 125 cm³/mol. The van der Waals surface area contributed by atoms with Gasteiger partial charge in [-0.3, -0.25) is 19.7 Å². The van der Waals surface area contributed by atoms with E-state index < -0.39 is 22.8 Å². The highest BCUT2D eigenvalue weighted by Gasteiger charge is 2.15. The number of amides is 1. The molecule has 34 heavy (non-hydrogen) atoms. The fraction of sp³-hybridized carbons (Fsp3) is 0.217. The van der Waals surface area contributed by atoms with Crippen LogP contribution in [0.5, 0.6) is 0 Å². The number of non-ortho nitro benzene ring substituents is 1. The number of esters is 2. The zero-order chi connectivity index (χ0) is 24.7. The van der Waals surface area contributed by atoms with E-state index in [9.17, 15) is 24.5 Å². The summed E-state index contributed by atoms with van der Waals surface area (Å²) in [6.45, 7) is 3.68. The summed E-state index contributed by atoms with van der Waals surface area (Å²) in [6.07, 6.45) is 2.71. The number of thiazole rings is 1. The lowest BCUT2D eigenvalue weighted by Crippen LogP contribution is -2.22. The second-order valence-electron chi connectivity index (χ2n) is 6.81. The molecule has 0 saturated carbocycles. The summed E-state index contributed by atoms with van der Waals surface area (Å²) in [5, 5.41) is 10.8. The Balaban J connectivity index is 1.96. The lowest BCUT2D eigenvalue weighted by Gasteiger charge is -2.06. The summed E-state index contributed by atoms with van der Waals surface area (Å²) in [5.41, 5.74) is 1.48. The second-order valence-corrected chi connectivity index (χ2v) is 7.82. The third-order valence-corrected chi connectivity index (χ3v) is 5.56. The van der Waals surface area contributed by atoms with Gasteiger partial charge in [-0.1, -0.05) is 11.3 Å². The van der Waals surface area contributed by atoms with Crippen LogP contribution in [-0.2, 0) is 25.6 Å². The van der Waals surface area contributed by atoms with Crippen LogP contribution in [0.2, 0.25) is 0 Å². The van der Waals surface area contributed by atoms with Crippen molar-refractivity contribution in [2.75, 3.05) is 13.2 Å². The van der Waals surface area contributed by atoms with Gasteiger partial charge >= 0.3 is 11.9 Å². The summed E-state index contributed by atoms with van der Waals surface area (Å²) in [7, 11) is 0. The summed E-state index contributed by atoms with van der Waals surface area (Å²) in [5.74, 6) is -1.56. The third kappa shape index (κ3) is 6.01. The Labute approximate surface area is 197 Å². The molecule has 3 rings (SSSR count). The number of hydrogen-bond acceptors (Lipinski definition) is 8. The van der Waals surface area contributed by atoms with E-state index in [-0.39, 0.29) is 30.2 Å². The van der Waals surface area contributed by atoms with Gasteiger partial charge < -0.3 is 14.0 Å². The highest BCUT2D eigenvalue weighted by molar-refractivity contribution is 7.16. The smallest absolute Gasteiger partial charge is 0.338 e. The van der Waals surface area contributed by atoms with Crippen molar-refractivity contribution >= 4 is 51.2 Å². The molecule has 0 spiro atoms. The molecule has 1 amide bonds. The van der Waals surface area contributed by atoms with Crippen molar-refractivity contribution in [3.8, 4) is 0 Å². The number of carbonyl (C=O) groups excluding carboxylic acids is 3. The molecule has 0 bridgehead atoms. The summed E-state index contributed by atoms with van der Waals surface area (Å²) in [6, 6.07) is 10.6. The van der Waals surface area contributed by atoms with Crippen molar-refractivity contribution < 1.29 is 28.8 Å². The number of benzene rings is 2. The number of aromatic nitrogens is 1. The standard InChI is InChI=1S/C23H21N3O7S/c1-3-32-21(28)14-25-18-11-8-16(22(29)33-4-2)13-19(18)34-23(25)24-20(27)12-7-15-5-9-17(10-6-15)26(30)31/h5-13H,3-4,14H2,1-2H3/b12-7-,24-23?. The van der Waals surface area contributed by atoms with E-state index in [2.05, 4.69) is 4.99 Å².